The van der Waals surface area contributed by atoms with Gasteiger partial charge in [-0.1, -0.05) is 18.2 Å². The van der Waals surface area contributed by atoms with Gasteiger partial charge in [-0.15, -0.1) is 24.8 Å². The summed E-state index contributed by atoms with van der Waals surface area (Å²) in [6, 6.07) is 3.96. The summed E-state index contributed by atoms with van der Waals surface area (Å²) < 4.78 is 0. The lowest BCUT2D eigenvalue weighted by Crippen LogP contribution is -2.03. The van der Waals surface area contributed by atoms with E-state index in [1.165, 1.54) is 0 Å². The Kier molecular flexibility index (Phi) is 16.9. The number of halogens is 2. The maximum atomic E-state index is 3.99. The summed E-state index contributed by atoms with van der Waals surface area (Å²) in [4.78, 5) is 3.99. The van der Waals surface area contributed by atoms with Gasteiger partial charge in [-0.05, 0) is 18.7 Å². The van der Waals surface area contributed by atoms with Crippen LogP contribution in [0.2, 0.25) is 0 Å². The second-order valence-corrected chi connectivity index (χ2v) is 2.25. The fraction of sp³-hybridized carbons (Fsp3) is 0.222. The third kappa shape index (κ3) is 8.01. The summed E-state index contributed by atoms with van der Waals surface area (Å²) in [5.41, 5.74) is 1.14. The van der Waals surface area contributed by atoms with Gasteiger partial charge in [0.1, 0.15) is 0 Å². The summed E-state index contributed by atoms with van der Waals surface area (Å²) in [7, 11) is 1.92. The van der Waals surface area contributed by atoms with Crippen molar-refractivity contribution in [3.8, 4) is 0 Å². The fourth-order valence-electron chi connectivity index (χ4n) is 0.787. The molecule has 3 nitrogen and oxygen atoms in total. The van der Waals surface area contributed by atoms with Crippen LogP contribution in [0.25, 0.3) is 6.08 Å². The molecule has 0 spiro atoms. The van der Waals surface area contributed by atoms with Crippen molar-refractivity contribution in [2.24, 2.45) is 0 Å². The molecule has 0 aliphatic rings. The highest BCUT2D eigenvalue weighted by Crippen LogP contribution is 1.96. The van der Waals surface area contributed by atoms with Gasteiger partial charge in [0.05, 0.1) is 0 Å². The van der Waals surface area contributed by atoms with Crippen LogP contribution < -0.4 is 5.32 Å². The standard InChI is InChI=1S/C9H12N2.2ClH.H2O/c1-10-6-2-4-9-5-3-7-11-8-9;;;/h2-5,7-8,10H,6H2,1H3;2*1H;1H2. The molecule has 1 rings (SSSR count). The predicted octanol–water partition coefficient (Wildman–Crippen LogP) is 1.33. The predicted molar refractivity (Wildman–Crippen MR) is 65.3 cm³/mol. The van der Waals surface area contributed by atoms with E-state index in [4.69, 9.17) is 0 Å². The molecule has 0 unspecified atom stereocenters. The maximum Gasteiger partial charge on any atom is 0.0340 e. The van der Waals surface area contributed by atoms with Crippen molar-refractivity contribution in [1.82, 2.24) is 10.3 Å². The van der Waals surface area contributed by atoms with Gasteiger partial charge in [-0.3, -0.25) is 4.98 Å². The molecular weight excluding hydrogens is 223 g/mol. The molecule has 0 amide bonds. The van der Waals surface area contributed by atoms with Gasteiger partial charge < -0.3 is 10.8 Å². The van der Waals surface area contributed by atoms with Gasteiger partial charge in [0.2, 0.25) is 0 Å². The molecule has 0 saturated heterocycles. The molecule has 0 aromatic carbocycles. The van der Waals surface area contributed by atoms with Gasteiger partial charge in [0.15, 0.2) is 0 Å². The summed E-state index contributed by atoms with van der Waals surface area (Å²) in [6.07, 6.45) is 7.72. The summed E-state index contributed by atoms with van der Waals surface area (Å²) in [5.74, 6) is 0. The second-order valence-electron chi connectivity index (χ2n) is 2.25. The van der Waals surface area contributed by atoms with Crippen molar-refractivity contribution in [2.75, 3.05) is 13.6 Å². The van der Waals surface area contributed by atoms with E-state index in [-0.39, 0.29) is 30.3 Å². The zero-order valence-electron chi connectivity index (χ0n) is 7.93. The highest BCUT2D eigenvalue weighted by Gasteiger charge is 1.81. The largest absolute Gasteiger partial charge is 0.412 e. The van der Waals surface area contributed by atoms with E-state index in [2.05, 4.69) is 16.4 Å². The molecule has 0 radical (unpaired) electrons. The van der Waals surface area contributed by atoms with Crippen molar-refractivity contribution < 1.29 is 5.48 Å². The molecule has 3 N–H and O–H groups in total. The lowest BCUT2D eigenvalue weighted by Gasteiger charge is -1.90. The summed E-state index contributed by atoms with van der Waals surface area (Å²) in [5, 5.41) is 3.03. The first-order chi connectivity index (χ1) is 5.43. The number of aromatic nitrogens is 1. The van der Waals surface area contributed by atoms with Crippen LogP contribution in [0, 0.1) is 0 Å². The van der Waals surface area contributed by atoms with Crippen molar-refractivity contribution in [3.63, 3.8) is 0 Å². The van der Waals surface area contributed by atoms with Crippen molar-refractivity contribution in [2.45, 2.75) is 0 Å². The van der Waals surface area contributed by atoms with Crippen LogP contribution in [-0.2, 0) is 0 Å². The minimum Gasteiger partial charge on any atom is -0.412 e. The number of nitrogens with zero attached hydrogens (tertiary/aromatic N) is 1. The molecule has 0 aliphatic carbocycles. The molecule has 1 heterocycles. The molecule has 82 valence electrons. The van der Waals surface area contributed by atoms with E-state index in [1.54, 1.807) is 6.20 Å². The van der Waals surface area contributed by atoms with Gasteiger partial charge in [-0.25, -0.2) is 0 Å². The first-order valence-electron chi connectivity index (χ1n) is 3.64. The number of rotatable bonds is 3. The van der Waals surface area contributed by atoms with Gasteiger partial charge in [0, 0.05) is 18.9 Å². The highest BCUT2D eigenvalue weighted by atomic mass is 35.5. The molecular formula is C9H16Cl2N2O. The number of hydrogen-bond donors (Lipinski definition) is 1. The normalized spacial score (nSPS) is 8.36. The lowest BCUT2D eigenvalue weighted by atomic mass is 10.2. The molecule has 0 aliphatic heterocycles. The minimum atomic E-state index is 0. The topological polar surface area (TPSA) is 56.4 Å². The Balaban J connectivity index is -0.000000403. The zero-order chi connectivity index (χ0) is 7.94. The van der Waals surface area contributed by atoms with Gasteiger partial charge in [0.25, 0.3) is 0 Å². The van der Waals surface area contributed by atoms with Crippen LogP contribution in [-0.4, -0.2) is 24.1 Å². The zero-order valence-corrected chi connectivity index (χ0v) is 9.57. The monoisotopic (exact) mass is 238 g/mol. The number of likely N-dealkylation sites (N-methyl/N-ethyl adjacent to an activating group) is 1. The quantitative estimate of drug-likeness (QED) is 0.865. The van der Waals surface area contributed by atoms with Crippen LogP contribution in [0.5, 0.6) is 0 Å². The number of hydrogen-bond acceptors (Lipinski definition) is 2. The van der Waals surface area contributed by atoms with E-state index < -0.39 is 0 Å². The van der Waals surface area contributed by atoms with Crippen molar-refractivity contribution in [3.05, 3.63) is 36.2 Å². The summed E-state index contributed by atoms with van der Waals surface area (Å²) in [6.45, 7) is 0.898. The van der Waals surface area contributed by atoms with E-state index in [0.717, 1.165) is 12.1 Å². The highest BCUT2D eigenvalue weighted by molar-refractivity contribution is 5.85. The van der Waals surface area contributed by atoms with E-state index in [0.29, 0.717) is 0 Å². The minimum absolute atomic E-state index is 0. The van der Waals surface area contributed by atoms with E-state index in [9.17, 15) is 0 Å². The second kappa shape index (κ2) is 12.4. The Morgan fingerprint density at radius 1 is 1.43 bits per heavy atom. The van der Waals surface area contributed by atoms with Crippen molar-refractivity contribution in [1.29, 1.82) is 0 Å². The molecule has 0 saturated carbocycles. The van der Waals surface area contributed by atoms with Crippen LogP contribution in [0.1, 0.15) is 5.56 Å². The maximum absolute atomic E-state index is 3.99. The molecule has 14 heavy (non-hydrogen) atoms. The average molecular weight is 239 g/mol. The molecule has 1 aromatic heterocycles. The van der Waals surface area contributed by atoms with Gasteiger partial charge >= 0.3 is 0 Å². The third-order valence-corrected chi connectivity index (χ3v) is 1.32. The van der Waals surface area contributed by atoms with Gasteiger partial charge in [-0.2, -0.15) is 0 Å². The Labute approximate surface area is 96.8 Å². The Hall–Kier alpha value is -0.610. The number of nitrogens with one attached hydrogen (secondary N) is 1. The summed E-state index contributed by atoms with van der Waals surface area (Å²) >= 11 is 0. The Morgan fingerprint density at radius 3 is 2.64 bits per heavy atom. The molecule has 0 bridgehead atoms. The first kappa shape index (κ1) is 19.0. The number of pyridine rings is 1. The Morgan fingerprint density at radius 2 is 2.14 bits per heavy atom. The SMILES string of the molecule is CNCC=Cc1cccnc1.Cl.Cl.O. The molecule has 1 aromatic rings. The Bertz CT molecular complexity index is 230. The molecule has 0 fully saturated rings. The first-order valence-corrected chi connectivity index (χ1v) is 3.64. The van der Waals surface area contributed by atoms with Crippen molar-refractivity contribution >= 4 is 30.9 Å². The van der Waals surface area contributed by atoms with Crippen LogP contribution in [0.3, 0.4) is 0 Å². The smallest absolute Gasteiger partial charge is 0.0340 e. The van der Waals surface area contributed by atoms with E-state index in [1.807, 2.05) is 31.5 Å². The fourth-order valence-corrected chi connectivity index (χ4v) is 0.787. The molecule has 0 atom stereocenters. The average Bonchev–Trinajstić information content (AvgIpc) is 2.07. The van der Waals surface area contributed by atoms with Crippen LogP contribution >= 0.6 is 24.8 Å². The lowest BCUT2D eigenvalue weighted by molar-refractivity contribution is 0.824. The molecule has 5 heteroatoms. The van der Waals surface area contributed by atoms with Crippen LogP contribution in [0.15, 0.2) is 30.6 Å². The third-order valence-electron chi connectivity index (χ3n) is 1.32. The van der Waals surface area contributed by atoms with E-state index >= 15 is 0 Å². The van der Waals surface area contributed by atoms with Crippen LogP contribution in [0.4, 0.5) is 0 Å².